The van der Waals surface area contributed by atoms with E-state index in [-0.39, 0.29) is 40.9 Å². The van der Waals surface area contributed by atoms with Crippen molar-refractivity contribution in [3.63, 3.8) is 0 Å². The average Bonchev–Trinajstić information content (AvgIpc) is 1.96. The Bertz CT molecular complexity index is 335. The summed E-state index contributed by atoms with van der Waals surface area (Å²) in [6.07, 6.45) is 0. The van der Waals surface area contributed by atoms with Crippen LogP contribution >= 0.6 is 0 Å². The summed E-state index contributed by atoms with van der Waals surface area (Å²) < 4.78 is 0. The molecule has 0 aliphatic carbocycles. The van der Waals surface area contributed by atoms with E-state index in [1.54, 1.807) is 0 Å². The van der Waals surface area contributed by atoms with E-state index in [2.05, 4.69) is 0 Å². The van der Waals surface area contributed by atoms with Crippen LogP contribution in [0.25, 0.3) is 0 Å². The van der Waals surface area contributed by atoms with Gasteiger partial charge in [0.05, 0.1) is 5.97 Å². The Morgan fingerprint density at radius 2 is 1.85 bits per heavy atom. The van der Waals surface area contributed by atoms with Crippen molar-refractivity contribution in [2.24, 2.45) is 0 Å². The van der Waals surface area contributed by atoms with Gasteiger partial charge in [-0.3, -0.25) is 0 Å². The van der Waals surface area contributed by atoms with Crippen LogP contribution in [0.1, 0.15) is 15.9 Å². The number of carboxylic acids is 1. The fourth-order valence-corrected chi connectivity index (χ4v) is 0.849. The minimum absolute atomic E-state index is 0. The van der Waals surface area contributed by atoms with Gasteiger partial charge >= 0.3 is 29.6 Å². The van der Waals surface area contributed by atoms with Crippen molar-refractivity contribution >= 4 is 5.97 Å². The molecule has 13 heavy (non-hydrogen) atoms. The van der Waals surface area contributed by atoms with Crippen LogP contribution in [0.2, 0.25) is 0 Å². The molecule has 0 spiro atoms. The first-order chi connectivity index (χ1) is 5.52. The van der Waals surface area contributed by atoms with Crippen molar-refractivity contribution in [2.75, 3.05) is 0 Å². The molecule has 64 valence electrons. The predicted molar refractivity (Wildman–Crippen MR) is 38.8 cm³/mol. The van der Waals surface area contributed by atoms with E-state index in [4.69, 9.17) is 10.2 Å². The van der Waals surface area contributed by atoms with E-state index in [0.717, 1.165) is 12.1 Å². The molecule has 2 N–H and O–H groups in total. The van der Waals surface area contributed by atoms with Gasteiger partial charge < -0.3 is 20.1 Å². The second kappa shape index (κ2) is 4.50. The number of hydrogen-bond acceptors (Lipinski definition) is 4. The maximum atomic E-state index is 10.3. The predicted octanol–water partition coefficient (Wildman–Crippen LogP) is -3.23. The molecule has 0 heterocycles. The molecule has 0 saturated carbocycles. The van der Waals surface area contributed by atoms with E-state index in [1.165, 1.54) is 6.92 Å². The number of phenolic OH excluding ortho intramolecular Hbond substituents is 1. The summed E-state index contributed by atoms with van der Waals surface area (Å²) in [4.78, 5) is 10.3. The fourth-order valence-electron chi connectivity index (χ4n) is 0.849. The van der Waals surface area contributed by atoms with Gasteiger partial charge in [-0.25, -0.2) is 0 Å². The third-order valence-electron chi connectivity index (χ3n) is 1.53. The van der Waals surface area contributed by atoms with Crippen LogP contribution in [-0.4, -0.2) is 16.2 Å². The number of rotatable bonds is 1. The molecule has 4 nitrogen and oxygen atoms in total. The number of carboxylic acid groups (broad SMARTS) is 1. The molecular weight excluding hydrogens is 183 g/mol. The maximum Gasteiger partial charge on any atom is 1.00 e. The molecule has 1 aromatic carbocycles. The number of phenols is 2. The number of carbonyl (C=O) groups excluding carboxylic acids is 1. The molecule has 0 amide bonds. The number of aromatic carboxylic acids is 1. The first-order valence-corrected chi connectivity index (χ1v) is 3.26. The van der Waals surface area contributed by atoms with E-state index in [1.807, 2.05) is 0 Å². The molecular formula is C8H7NaO4. The molecule has 0 unspecified atom stereocenters. The Hall–Kier alpha value is -0.710. The van der Waals surface area contributed by atoms with Crippen molar-refractivity contribution in [1.29, 1.82) is 0 Å². The van der Waals surface area contributed by atoms with Gasteiger partial charge in [0.25, 0.3) is 0 Å². The zero-order valence-electron chi connectivity index (χ0n) is 7.37. The van der Waals surface area contributed by atoms with Crippen molar-refractivity contribution in [1.82, 2.24) is 0 Å². The Morgan fingerprint density at radius 1 is 1.31 bits per heavy atom. The quantitative estimate of drug-likeness (QED) is 0.456. The minimum atomic E-state index is -1.46. The van der Waals surface area contributed by atoms with Crippen LogP contribution in [0, 0.1) is 6.92 Å². The first-order valence-electron chi connectivity index (χ1n) is 3.26. The van der Waals surface area contributed by atoms with Gasteiger partial charge in [0, 0.05) is 11.6 Å². The summed E-state index contributed by atoms with van der Waals surface area (Å²) in [6.45, 7) is 1.53. The maximum absolute atomic E-state index is 10.3. The van der Waals surface area contributed by atoms with Crippen molar-refractivity contribution in [3.05, 3.63) is 23.3 Å². The van der Waals surface area contributed by atoms with Gasteiger partial charge in [-0.1, -0.05) is 0 Å². The van der Waals surface area contributed by atoms with E-state index in [9.17, 15) is 9.90 Å². The smallest absolute Gasteiger partial charge is 0.545 e. The van der Waals surface area contributed by atoms with Gasteiger partial charge in [0.2, 0.25) is 0 Å². The molecule has 0 aromatic heterocycles. The van der Waals surface area contributed by atoms with Gasteiger partial charge in [-0.05, 0) is 18.6 Å². The topological polar surface area (TPSA) is 80.6 Å². The summed E-state index contributed by atoms with van der Waals surface area (Å²) in [5.74, 6) is -2.09. The molecule has 0 radical (unpaired) electrons. The minimum Gasteiger partial charge on any atom is -0.545 e. The Balaban J connectivity index is 0.00000144. The molecule has 0 saturated heterocycles. The molecule has 0 fully saturated rings. The van der Waals surface area contributed by atoms with Crippen LogP contribution in [0.5, 0.6) is 11.5 Å². The normalized spacial score (nSPS) is 9.00. The number of hydrogen-bond donors (Lipinski definition) is 2. The number of carbonyl (C=O) groups is 1. The second-order valence-electron chi connectivity index (χ2n) is 2.44. The molecule has 0 atom stereocenters. The first kappa shape index (κ1) is 12.3. The van der Waals surface area contributed by atoms with Crippen LogP contribution in [0.3, 0.4) is 0 Å². The summed E-state index contributed by atoms with van der Waals surface area (Å²) in [6, 6.07) is 2.13. The third-order valence-corrected chi connectivity index (χ3v) is 1.53. The zero-order valence-corrected chi connectivity index (χ0v) is 9.37. The zero-order chi connectivity index (χ0) is 9.30. The van der Waals surface area contributed by atoms with Gasteiger partial charge in [0.1, 0.15) is 11.5 Å². The van der Waals surface area contributed by atoms with E-state index in [0.29, 0.717) is 5.56 Å². The van der Waals surface area contributed by atoms with Crippen LogP contribution in [0.15, 0.2) is 12.1 Å². The summed E-state index contributed by atoms with van der Waals surface area (Å²) in [5.41, 5.74) is 0.0669. The molecule has 0 bridgehead atoms. The average molecular weight is 190 g/mol. The van der Waals surface area contributed by atoms with Gasteiger partial charge in [-0.15, -0.1) is 0 Å². The molecule has 5 heteroatoms. The van der Waals surface area contributed by atoms with Crippen LogP contribution in [-0.2, 0) is 0 Å². The summed E-state index contributed by atoms with van der Waals surface area (Å²) in [7, 11) is 0. The summed E-state index contributed by atoms with van der Waals surface area (Å²) in [5, 5.41) is 28.4. The monoisotopic (exact) mass is 190 g/mol. The molecule has 1 rings (SSSR count). The van der Waals surface area contributed by atoms with E-state index >= 15 is 0 Å². The fraction of sp³-hybridized carbons (Fsp3) is 0.125. The summed E-state index contributed by atoms with van der Waals surface area (Å²) >= 11 is 0. The van der Waals surface area contributed by atoms with Gasteiger partial charge in [0.15, 0.2) is 0 Å². The Kier molecular flexibility index (Phi) is 4.26. The largest absolute Gasteiger partial charge is 1.00 e. The van der Waals surface area contributed by atoms with Crippen molar-refractivity contribution in [2.45, 2.75) is 6.92 Å². The van der Waals surface area contributed by atoms with Crippen LogP contribution in [0.4, 0.5) is 0 Å². The standard InChI is InChI=1S/C8H8O4.Na/c1-4-2-5(8(11)12)7(10)3-6(4)9;/h2-3,9-10H,1H3,(H,11,12);/q;+1/p-1. The van der Waals surface area contributed by atoms with Gasteiger partial charge in [-0.2, -0.15) is 0 Å². The number of aryl methyl sites for hydroxylation is 1. The molecule has 0 aliphatic heterocycles. The second-order valence-corrected chi connectivity index (χ2v) is 2.44. The third kappa shape index (κ3) is 2.62. The van der Waals surface area contributed by atoms with Crippen molar-refractivity contribution < 1.29 is 49.7 Å². The SMILES string of the molecule is Cc1cc(C(=O)[O-])c(O)cc1O.[Na+]. The molecule has 0 aliphatic rings. The number of benzene rings is 1. The van der Waals surface area contributed by atoms with Crippen molar-refractivity contribution in [3.8, 4) is 11.5 Å². The molecule has 1 aromatic rings. The Labute approximate surface area is 97.1 Å². The number of aromatic hydroxyl groups is 2. The van der Waals surface area contributed by atoms with Crippen LogP contribution < -0.4 is 34.7 Å². The Morgan fingerprint density at radius 3 is 2.31 bits per heavy atom. The van der Waals surface area contributed by atoms with E-state index < -0.39 is 11.7 Å².